The van der Waals surface area contributed by atoms with Gasteiger partial charge in [0.1, 0.15) is 0 Å². The van der Waals surface area contributed by atoms with Crippen LogP contribution in [0.1, 0.15) is 18.4 Å². The van der Waals surface area contributed by atoms with Crippen LogP contribution in [0.4, 0.5) is 0 Å². The van der Waals surface area contributed by atoms with Gasteiger partial charge in [0, 0.05) is 19.1 Å². The van der Waals surface area contributed by atoms with Gasteiger partial charge in [-0.25, -0.2) is 8.42 Å². The highest BCUT2D eigenvalue weighted by Crippen LogP contribution is 2.28. The van der Waals surface area contributed by atoms with Crippen LogP contribution in [0.2, 0.25) is 0 Å². The van der Waals surface area contributed by atoms with Gasteiger partial charge in [0.15, 0.2) is 0 Å². The van der Waals surface area contributed by atoms with Gasteiger partial charge in [-0.3, -0.25) is 0 Å². The molecule has 1 aromatic carbocycles. The van der Waals surface area contributed by atoms with Crippen LogP contribution in [-0.2, 0) is 10.0 Å². The summed E-state index contributed by atoms with van der Waals surface area (Å²) in [4.78, 5) is 0.412. The van der Waals surface area contributed by atoms with E-state index in [-0.39, 0.29) is 0 Å². The molecule has 0 amide bonds. The molecule has 0 radical (unpaired) electrons. The highest BCUT2D eigenvalue weighted by Gasteiger charge is 2.37. The average molecular weight is 280 g/mol. The molecule has 2 aliphatic heterocycles. The lowest BCUT2D eigenvalue weighted by molar-refractivity contribution is 0.249. The Morgan fingerprint density at radius 2 is 1.95 bits per heavy atom. The molecule has 2 saturated heterocycles. The second-order valence-corrected chi connectivity index (χ2v) is 7.51. The molecule has 0 saturated carbocycles. The van der Waals surface area contributed by atoms with E-state index in [1.807, 2.05) is 19.1 Å². The molecular weight excluding hydrogens is 260 g/mol. The first-order valence-corrected chi connectivity index (χ1v) is 8.31. The van der Waals surface area contributed by atoms with Gasteiger partial charge in [0.25, 0.3) is 0 Å². The number of fused-ring (bicyclic) bond motifs is 1. The Morgan fingerprint density at radius 3 is 2.68 bits per heavy atom. The SMILES string of the molecule is Cc1ccc(S(=O)(=O)N2CC[C@@H]3CCN[C@H]3C2)cc1. The Balaban J connectivity index is 1.82. The molecule has 19 heavy (non-hydrogen) atoms. The summed E-state index contributed by atoms with van der Waals surface area (Å²) < 4.78 is 26.8. The van der Waals surface area contributed by atoms with Gasteiger partial charge in [-0.1, -0.05) is 17.7 Å². The summed E-state index contributed by atoms with van der Waals surface area (Å²) in [7, 11) is -3.32. The lowest BCUT2D eigenvalue weighted by Gasteiger charge is -2.34. The molecule has 0 unspecified atom stereocenters. The lowest BCUT2D eigenvalue weighted by atomic mass is 9.94. The minimum atomic E-state index is -3.32. The Kier molecular flexibility index (Phi) is 3.37. The van der Waals surface area contributed by atoms with E-state index >= 15 is 0 Å². The Hall–Kier alpha value is -0.910. The van der Waals surface area contributed by atoms with E-state index in [0.29, 0.717) is 29.9 Å². The highest BCUT2D eigenvalue weighted by atomic mass is 32.2. The summed E-state index contributed by atoms with van der Waals surface area (Å²) in [6, 6.07) is 7.47. The zero-order chi connectivity index (χ0) is 13.5. The molecule has 4 nitrogen and oxygen atoms in total. The van der Waals surface area contributed by atoms with Crippen LogP contribution in [0.15, 0.2) is 29.2 Å². The van der Waals surface area contributed by atoms with Gasteiger partial charge in [-0.15, -0.1) is 0 Å². The maximum atomic E-state index is 12.6. The molecule has 0 aliphatic carbocycles. The number of hydrogen-bond donors (Lipinski definition) is 1. The predicted molar refractivity (Wildman–Crippen MR) is 74.5 cm³/mol. The van der Waals surface area contributed by atoms with Crippen molar-refractivity contribution in [2.24, 2.45) is 5.92 Å². The molecule has 2 fully saturated rings. The molecule has 5 heteroatoms. The summed E-state index contributed by atoms with van der Waals surface area (Å²) in [6.45, 7) is 4.25. The van der Waals surface area contributed by atoms with Gasteiger partial charge in [-0.2, -0.15) is 4.31 Å². The normalized spacial score (nSPS) is 28.3. The fraction of sp³-hybridized carbons (Fsp3) is 0.571. The van der Waals surface area contributed by atoms with Gasteiger partial charge in [0.2, 0.25) is 10.0 Å². The summed E-state index contributed by atoms with van der Waals surface area (Å²) in [5.74, 6) is 0.657. The van der Waals surface area contributed by atoms with E-state index in [1.165, 1.54) is 6.42 Å². The van der Waals surface area contributed by atoms with Gasteiger partial charge >= 0.3 is 0 Å². The molecular formula is C14H20N2O2S. The van der Waals surface area contributed by atoms with Crippen molar-refractivity contribution in [2.45, 2.75) is 30.7 Å². The average Bonchev–Trinajstić information content (AvgIpc) is 2.86. The lowest BCUT2D eigenvalue weighted by Crippen LogP contribution is -2.48. The number of benzene rings is 1. The smallest absolute Gasteiger partial charge is 0.243 e. The number of hydrogen-bond acceptors (Lipinski definition) is 3. The molecule has 2 atom stereocenters. The van der Waals surface area contributed by atoms with Crippen LogP contribution in [0.5, 0.6) is 0 Å². The standard InChI is InChI=1S/C14H20N2O2S/c1-11-2-4-13(5-3-11)19(17,18)16-9-7-12-6-8-15-14(12)10-16/h2-5,12,14-15H,6-10H2,1H3/t12-,14-/m0/s1. The molecule has 1 N–H and O–H groups in total. The molecule has 0 spiro atoms. The van der Waals surface area contributed by atoms with Gasteiger partial charge < -0.3 is 5.32 Å². The maximum Gasteiger partial charge on any atom is 0.243 e. The molecule has 0 aromatic heterocycles. The zero-order valence-electron chi connectivity index (χ0n) is 11.2. The van der Waals surface area contributed by atoms with Crippen molar-refractivity contribution in [1.82, 2.24) is 9.62 Å². The Bertz CT molecular complexity index is 553. The van der Waals surface area contributed by atoms with Crippen LogP contribution in [0.25, 0.3) is 0 Å². The van der Waals surface area contributed by atoms with Crippen molar-refractivity contribution >= 4 is 10.0 Å². The first kappa shape index (κ1) is 13.1. The number of nitrogens with one attached hydrogen (secondary N) is 1. The zero-order valence-corrected chi connectivity index (χ0v) is 12.0. The van der Waals surface area contributed by atoms with E-state index < -0.39 is 10.0 Å². The summed E-state index contributed by atoms with van der Waals surface area (Å²) in [5, 5.41) is 3.42. The van der Waals surface area contributed by atoms with Crippen molar-refractivity contribution < 1.29 is 8.42 Å². The van der Waals surface area contributed by atoms with E-state index in [2.05, 4.69) is 5.32 Å². The van der Waals surface area contributed by atoms with Crippen LogP contribution in [0.3, 0.4) is 0 Å². The number of piperidine rings is 1. The van der Waals surface area contributed by atoms with Crippen molar-refractivity contribution in [1.29, 1.82) is 0 Å². The van der Waals surface area contributed by atoms with Gasteiger partial charge in [-0.05, 0) is 44.4 Å². The Labute approximate surface area is 114 Å². The fourth-order valence-electron chi connectivity index (χ4n) is 3.08. The van der Waals surface area contributed by atoms with Crippen molar-refractivity contribution in [3.63, 3.8) is 0 Å². The maximum absolute atomic E-state index is 12.6. The molecule has 1 aromatic rings. The fourth-order valence-corrected chi connectivity index (χ4v) is 4.56. The number of aryl methyl sites for hydroxylation is 1. The molecule has 0 bridgehead atoms. The summed E-state index contributed by atoms with van der Waals surface area (Å²) in [5.41, 5.74) is 1.08. The molecule has 2 aliphatic rings. The van der Waals surface area contributed by atoms with Crippen molar-refractivity contribution in [2.75, 3.05) is 19.6 Å². The predicted octanol–water partition coefficient (Wildman–Crippen LogP) is 1.37. The molecule has 3 rings (SSSR count). The van der Waals surface area contributed by atoms with Crippen LogP contribution >= 0.6 is 0 Å². The topological polar surface area (TPSA) is 49.4 Å². The number of sulfonamides is 1. The van der Waals surface area contributed by atoms with E-state index in [4.69, 9.17) is 0 Å². The van der Waals surface area contributed by atoms with E-state index in [9.17, 15) is 8.42 Å². The van der Waals surface area contributed by atoms with Crippen LogP contribution < -0.4 is 5.32 Å². The third-order valence-corrected chi connectivity index (χ3v) is 6.18. The number of nitrogens with zero attached hydrogens (tertiary/aromatic N) is 1. The minimum Gasteiger partial charge on any atom is -0.312 e. The summed E-state index contributed by atoms with van der Waals surface area (Å²) in [6.07, 6.45) is 2.16. The van der Waals surface area contributed by atoms with Gasteiger partial charge in [0.05, 0.1) is 4.90 Å². The van der Waals surface area contributed by atoms with E-state index in [1.54, 1.807) is 16.4 Å². The van der Waals surface area contributed by atoms with Crippen LogP contribution in [0, 0.1) is 12.8 Å². The molecule has 104 valence electrons. The second-order valence-electron chi connectivity index (χ2n) is 5.57. The van der Waals surface area contributed by atoms with Crippen LogP contribution in [-0.4, -0.2) is 38.4 Å². The monoisotopic (exact) mass is 280 g/mol. The quantitative estimate of drug-likeness (QED) is 0.890. The van der Waals surface area contributed by atoms with Crippen molar-refractivity contribution in [3.8, 4) is 0 Å². The minimum absolute atomic E-state index is 0.342. The van der Waals surface area contributed by atoms with Crippen molar-refractivity contribution in [3.05, 3.63) is 29.8 Å². The number of rotatable bonds is 2. The molecule has 2 heterocycles. The Morgan fingerprint density at radius 1 is 1.21 bits per heavy atom. The first-order valence-electron chi connectivity index (χ1n) is 6.87. The summed E-state index contributed by atoms with van der Waals surface area (Å²) >= 11 is 0. The third kappa shape index (κ3) is 2.42. The second kappa shape index (κ2) is 4.89. The van der Waals surface area contributed by atoms with E-state index in [0.717, 1.165) is 18.5 Å². The largest absolute Gasteiger partial charge is 0.312 e. The highest BCUT2D eigenvalue weighted by molar-refractivity contribution is 7.89. The third-order valence-electron chi connectivity index (χ3n) is 4.30. The first-order chi connectivity index (χ1) is 9.07.